The Morgan fingerprint density at radius 3 is 1.47 bits per heavy atom. The molecule has 34 heavy (non-hydrogen) atoms. The Bertz CT molecular complexity index is 1080. The Morgan fingerprint density at radius 1 is 0.706 bits per heavy atom. The van der Waals surface area contributed by atoms with Gasteiger partial charge in [0.25, 0.3) is 0 Å². The number of ether oxygens (including phenoxy) is 1. The fraction of sp³-hybridized carbons (Fsp3) is 0.226. The average molecular weight is 481 g/mol. The third-order valence-corrected chi connectivity index (χ3v) is 15.0. The summed E-state index contributed by atoms with van der Waals surface area (Å²) in [5.74, 6) is 1.52. The second kappa shape index (κ2) is 9.95. The lowest BCUT2D eigenvalue weighted by atomic mass is 10.1. The van der Waals surface area contributed by atoms with Gasteiger partial charge in [0.2, 0.25) is 0 Å². The lowest BCUT2D eigenvalue weighted by Crippen LogP contribution is -2.83. The van der Waals surface area contributed by atoms with Crippen molar-refractivity contribution in [1.29, 1.82) is 0 Å². The standard InChI is InChI=1S/C31H32OSSi/c1-25(2)23-32-30-24-33-31(30,26-15-7-3-8-16-26)34(27-17-9-4-10-18-27,28-19-11-5-12-20-28)29-21-13-6-14-22-29/h3-22,25,30H,23-24H2,1-2H3/t30-,31+/m1/s1. The fourth-order valence-corrected chi connectivity index (χ4v) is 14.6. The van der Waals surface area contributed by atoms with Crippen LogP contribution in [-0.4, -0.2) is 26.5 Å². The highest BCUT2D eigenvalue weighted by molar-refractivity contribution is 8.04. The first kappa shape index (κ1) is 23.2. The molecule has 0 radical (unpaired) electrons. The van der Waals surface area contributed by atoms with Crippen LogP contribution in [0.1, 0.15) is 19.4 Å². The molecule has 1 nitrogen and oxygen atoms in total. The second-order valence-corrected chi connectivity index (χ2v) is 15.1. The van der Waals surface area contributed by atoms with Crippen molar-refractivity contribution in [3.8, 4) is 0 Å². The molecule has 0 aromatic heterocycles. The number of hydrogen-bond donors (Lipinski definition) is 0. The molecule has 0 aliphatic carbocycles. The van der Waals surface area contributed by atoms with Crippen molar-refractivity contribution in [1.82, 2.24) is 0 Å². The van der Waals surface area contributed by atoms with E-state index in [-0.39, 0.29) is 10.5 Å². The van der Waals surface area contributed by atoms with Crippen molar-refractivity contribution < 1.29 is 4.74 Å². The Labute approximate surface area is 209 Å². The smallest absolute Gasteiger partial charge is 0.172 e. The minimum absolute atomic E-state index is 0.148. The van der Waals surface area contributed by atoms with E-state index in [1.54, 1.807) is 0 Å². The third-order valence-electron chi connectivity index (χ3n) is 6.93. The van der Waals surface area contributed by atoms with Gasteiger partial charge >= 0.3 is 0 Å². The minimum atomic E-state index is -2.63. The Morgan fingerprint density at radius 2 is 1.12 bits per heavy atom. The maximum absolute atomic E-state index is 6.79. The Balaban J connectivity index is 1.88. The van der Waals surface area contributed by atoms with Gasteiger partial charge in [0.05, 0.1) is 10.5 Å². The molecule has 4 aromatic rings. The first-order valence-electron chi connectivity index (χ1n) is 12.2. The predicted molar refractivity (Wildman–Crippen MR) is 149 cm³/mol. The molecule has 1 aliphatic rings. The van der Waals surface area contributed by atoms with E-state index in [2.05, 4.69) is 147 Å². The summed E-state index contributed by atoms with van der Waals surface area (Å²) >= 11 is 2.09. The van der Waals surface area contributed by atoms with E-state index in [0.717, 1.165) is 12.4 Å². The zero-order valence-corrected chi connectivity index (χ0v) is 21.7. The summed E-state index contributed by atoms with van der Waals surface area (Å²) in [7, 11) is -2.63. The van der Waals surface area contributed by atoms with Crippen molar-refractivity contribution >= 4 is 35.4 Å². The van der Waals surface area contributed by atoms with Crippen LogP contribution in [0.4, 0.5) is 0 Å². The zero-order valence-electron chi connectivity index (χ0n) is 19.9. The van der Waals surface area contributed by atoms with Crippen LogP contribution in [0.3, 0.4) is 0 Å². The summed E-state index contributed by atoms with van der Waals surface area (Å²) in [5, 5.41) is 4.30. The van der Waals surface area contributed by atoms with Crippen LogP contribution in [0.25, 0.3) is 0 Å². The average Bonchev–Trinajstić information content (AvgIpc) is 2.88. The van der Waals surface area contributed by atoms with Gasteiger partial charge in [-0.05, 0) is 27.0 Å². The van der Waals surface area contributed by atoms with Crippen molar-refractivity contribution in [3.05, 3.63) is 127 Å². The van der Waals surface area contributed by atoms with Gasteiger partial charge < -0.3 is 4.74 Å². The molecular weight excluding hydrogens is 448 g/mol. The number of thioether (sulfide) groups is 1. The molecule has 1 aliphatic heterocycles. The number of benzene rings is 4. The molecular formula is C31H32OSSi. The summed E-state index contributed by atoms with van der Waals surface area (Å²) < 4.78 is 6.62. The summed E-state index contributed by atoms with van der Waals surface area (Å²) in [6, 6.07) is 44.9. The van der Waals surface area contributed by atoms with Gasteiger partial charge in [-0.15, -0.1) is 11.8 Å². The van der Waals surface area contributed by atoms with E-state index < -0.39 is 8.07 Å². The highest BCUT2D eigenvalue weighted by Crippen LogP contribution is 2.56. The van der Waals surface area contributed by atoms with Gasteiger partial charge in [0, 0.05) is 12.4 Å². The van der Waals surface area contributed by atoms with Crippen LogP contribution >= 0.6 is 11.8 Å². The van der Waals surface area contributed by atoms with Gasteiger partial charge in [-0.1, -0.05) is 135 Å². The highest BCUT2D eigenvalue weighted by atomic mass is 32.2. The molecule has 0 amide bonds. The van der Waals surface area contributed by atoms with Crippen LogP contribution < -0.4 is 15.6 Å². The number of hydrogen-bond acceptors (Lipinski definition) is 2. The topological polar surface area (TPSA) is 9.23 Å². The van der Waals surface area contributed by atoms with Crippen molar-refractivity contribution in [2.75, 3.05) is 12.4 Å². The second-order valence-electron chi connectivity index (χ2n) is 9.48. The van der Waals surface area contributed by atoms with E-state index >= 15 is 0 Å². The predicted octanol–water partition coefficient (Wildman–Crippen LogP) is 5.38. The largest absolute Gasteiger partial charge is 0.376 e. The highest BCUT2D eigenvalue weighted by Gasteiger charge is 2.66. The summed E-state index contributed by atoms with van der Waals surface area (Å²) in [5.41, 5.74) is 1.38. The third kappa shape index (κ3) is 3.76. The normalized spacial score (nSPS) is 20.1. The van der Waals surface area contributed by atoms with Gasteiger partial charge in [-0.25, -0.2) is 0 Å². The molecule has 1 fully saturated rings. The molecule has 4 aromatic carbocycles. The molecule has 2 atom stereocenters. The zero-order chi connectivity index (χ0) is 23.4. The van der Waals surface area contributed by atoms with Gasteiger partial charge in [-0.3, -0.25) is 0 Å². The maximum Gasteiger partial charge on any atom is 0.172 e. The monoisotopic (exact) mass is 480 g/mol. The molecule has 0 unspecified atom stereocenters. The lowest BCUT2D eigenvalue weighted by Gasteiger charge is -2.59. The Kier molecular flexibility index (Phi) is 6.78. The van der Waals surface area contributed by atoms with Crippen LogP contribution in [0, 0.1) is 5.92 Å². The maximum atomic E-state index is 6.79. The van der Waals surface area contributed by atoms with Crippen LogP contribution in [0.15, 0.2) is 121 Å². The summed E-state index contributed by atoms with van der Waals surface area (Å²) in [6.07, 6.45) is 0.148. The quantitative estimate of drug-likeness (QED) is 0.247. The molecule has 0 bridgehead atoms. The van der Waals surface area contributed by atoms with Crippen molar-refractivity contribution in [2.24, 2.45) is 5.92 Å². The van der Waals surface area contributed by atoms with E-state index in [9.17, 15) is 0 Å². The molecule has 1 saturated heterocycles. The van der Waals surface area contributed by atoms with Gasteiger partial charge in [-0.2, -0.15) is 0 Å². The minimum Gasteiger partial charge on any atom is -0.376 e. The van der Waals surface area contributed by atoms with E-state index in [1.165, 1.54) is 21.1 Å². The van der Waals surface area contributed by atoms with E-state index in [4.69, 9.17) is 4.74 Å². The van der Waals surface area contributed by atoms with Crippen molar-refractivity contribution in [3.63, 3.8) is 0 Å². The Hall–Kier alpha value is -2.59. The first-order chi connectivity index (χ1) is 16.7. The summed E-state index contributed by atoms with van der Waals surface area (Å²) in [6.45, 7) is 5.27. The molecule has 0 saturated carbocycles. The van der Waals surface area contributed by atoms with Crippen LogP contribution in [0.5, 0.6) is 0 Å². The molecule has 0 spiro atoms. The summed E-state index contributed by atoms with van der Waals surface area (Å²) in [4.78, 5) is 0. The number of rotatable bonds is 8. The van der Waals surface area contributed by atoms with E-state index in [1.807, 2.05) is 0 Å². The van der Waals surface area contributed by atoms with E-state index in [0.29, 0.717) is 5.92 Å². The van der Waals surface area contributed by atoms with Gasteiger partial charge in [0.15, 0.2) is 8.07 Å². The fourth-order valence-electron chi connectivity index (χ4n) is 5.52. The SMILES string of the molecule is CC(C)CO[C@@H]1CS[C@@]1(c1ccccc1)[Si](c1ccccc1)(c1ccccc1)c1ccccc1. The molecule has 5 rings (SSSR count). The molecule has 172 valence electrons. The molecule has 1 heterocycles. The van der Waals surface area contributed by atoms with Crippen LogP contribution in [-0.2, 0) is 9.11 Å². The first-order valence-corrected chi connectivity index (χ1v) is 15.2. The van der Waals surface area contributed by atoms with Gasteiger partial charge in [0.1, 0.15) is 0 Å². The van der Waals surface area contributed by atoms with Crippen molar-refractivity contribution in [2.45, 2.75) is 24.3 Å². The molecule has 3 heteroatoms. The van der Waals surface area contributed by atoms with Crippen LogP contribution in [0.2, 0.25) is 0 Å². The lowest BCUT2D eigenvalue weighted by molar-refractivity contribution is 0.0300. The molecule has 0 N–H and O–H groups in total.